The molecule has 0 aliphatic carbocycles. The molecule has 0 aliphatic heterocycles. The SMILES string of the molecule is O=C(NC(c1ccccc1)c1ccccn1)c1cccc2cccnc12. The molecule has 2 aromatic heterocycles. The number of pyridine rings is 2. The summed E-state index contributed by atoms with van der Waals surface area (Å²) in [6.45, 7) is 0. The monoisotopic (exact) mass is 339 g/mol. The minimum absolute atomic E-state index is 0.172. The number of rotatable bonds is 4. The van der Waals surface area contributed by atoms with Gasteiger partial charge in [-0.05, 0) is 29.8 Å². The molecule has 0 saturated heterocycles. The third-order valence-electron chi connectivity index (χ3n) is 4.27. The number of hydrogen-bond acceptors (Lipinski definition) is 3. The molecule has 4 rings (SSSR count). The van der Waals surface area contributed by atoms with Crippen molar-refractivity contribution in [3.05, 3.63) is 108 Å². The molecule has 1 N–H and O–H groups in total. The predicted molar refractivity (Wildman–Crippen MR) is 102 cm³/mol. The summed E-state index contributed by atoms with van der Waals surface area (Å²) in [6.07, 6.45) is 3.43. The van der Waals surface area contributed by atoms with E-state index in [4.69, 9.17) is 0 Å². The number of nitrogens with zero attached hydrogens (tertiary/aromatic N) is 2. The highest BCUT2D eigenvalue weighted by atomic mass is 16.1. The largest absolute Gasteiger partial charge is 0.339 e. The number of amides is 1. The van der Waals surface area contributed by atoms with Crippen LogP contribution >= 0.6 is 0 Å². The van der Waals surface area contributed by atoms with Crippen LogP contribution in [0.4, 0.5) is 0 Å². The molecule has 0 saturated carbocycles. The number of carbonyl (C=O) groups is 1. The van der Waals surface area contributed by atoms with E-state index in [1.165, 1.54) is 0 Å². The Hall–Kier alpha value is -3.53. The summed E-state index contributed by atoms with van der Waals surface area (Å²) < 4.78 is 0. The van der Waals surface area contributed by atoms with Crippen LogP contribution in [-0.4, -0.2) is 15.9 Å². The number of fused-ring (bicyclic) bond motifs is 1. The predicted octanol–water partition coefficient (Wildman–Crippen LogP) is 4.15. The van der Waals surface area contributed by atoms with Crippen LogP contribution in [0.1, 0.15) is 27.7 Å². The maximum absolute atomic E-state index is 13.0. The number of benzene rings is 2. The van der Waals surface area contributed by atoms with E-state index in [1.54, 1.807) is 18.5 Å². The molecular weight excluding hydrogens is 322 g/mol. The molecule has 1 amide bonds. The summed E-state index contributed by atoms with van der Waals surface area (Å²) in [5.74, 6) is -0.172. The van der Waals surface area contributed by atoms with E-state index < -0.39 is 0 Å². The Labute approximate surface area is 151 Å². The zero-order valence-corrected chi connectivity index (χ0v) is 14.0. The Kier molecular flexibility index (Phi) is 4.39. The van der Waals surface area contributed by atoms with E-state index in [9.17, 15) is 4.79 Å². The fourth-order valence-electron chi connectivity index (χ4n) is 3.02. The number of hydrogen-bond donors (Lipinski definition) is 1. The van der Waals surface area contributed by atoms with E-state index in [0.717, 1.165) is 16.6 Å². The summed E-state index contributed by atoms with van der Waals surface area (Å²) in [6, 6.07) is 24.6. The van der Waals surface area contributed by atoms with Crippen molar-refractivity contribution in [3.63, 3.8) is 0 Å². The zero-order valence-electron chi connectivity index (χ0n) is 14.0. The second kappa shape index (κ2) is 7.15. The van der Waals surface area contributed by atoms with E-state index in [-0.39, 0.29) is 11.9 Å². The molecule has 26 heavy (non-hydrogen) atoms. The van der Waals surface area contributed by atoms with Crippen LogP contribution in [0.2, 0.25) is 0 Å². The van der Waals surface area contributed by atoms with Crippen molar-refractivity contribution in [2.45, 2.75) is 6.04 Å². The molecule has 0 spiro atoms. The lowest BCUT2D eigenvalue weighted by atomic mass is 10.0. The Morgan fingerprint density at radius 3 is 2.35 bits per heavy atom. The highest BCUT2D eigenvalue weighted by molar-refractivity contribution is 6.05. The number of para-hydroxylation sites is 1. The van der Waals surface area contributed by atoms with Crippen molar-refractivity contribution in [2.24, 2.45) is 0 Å². The van der Waals surface area contributed by atoms with Gasteiger partial charge in [0.2, 0.25) is 0 Å². The van der Waals surface area contributed by atoms with Crippen LogP contribution in [0.25, 0.3) is 10.9 Å². The first-order valence-electron chi connectivity index (χ1n) is 8.43. The standard InChI is InChI=1S/C22H17N3O/c26-22(18-12-6-10-16-11-7-15-24-20(16)18)25-21(17-8-2-1-3-9-17)19-13-4-5-14-23-19/h1-15,21H,(H,25,26). The van der Waals surface area contributed by atoms with Crippen LogP contribution in [0.5, 0.6) is 0 Å². The van der Waals surface area contributed by atoms with Crippen LogP contribution in [0, 0.1) is 0 Å². The minimum atomic E-state index is -0.330. The second-order valence-corrected chi connectivity index (χ2v) is 5.95. The fourth-order valence-corrected chi connectivity index (χ4v) is 3.02. The molecule has 0 bridgehead atoms. The number of nitrogens with one attached hydrogen (secondary N) is 1. The van der Waals surface area contributed by atoms with E-state index in [0.29, 0.717) is 11.1 Å². The molecule has 0 aliphatic rings. The van der Waals surface area contributed by atoms with Crippen LogP contribution < -0.4 is 5.32 Å². The number of aromatic nitrogens is 2. The van der Waals surface area contributed by atoms with Crippen LogP contribution in [-0.2, 0) is 0 Å². The van der Waals surface area contributed by atoms with E-state index in [1.807, 2.05) is 72.8 Å². The normalized spacial score (nSPS) is 11.8. The molecule has 1 atom stereocenters. The van der Waals surface area contributed by atoms with Gasteiger partial charge in [-0.15, -0.1) is 0 Å². The summed E-state index contributed by atoms with van der Waals surface area (Å²) >= 11 is 0. The van der Waals surface area contributed by atoms with Gasteiger partial charge in [0.25, 0.3) is 5.91 Å². The van der Waals surface area contributed by atoms with Gasteiger partial charge in [0.1, 0.15) is 0 Å². The van der Waals surface area contributed by atoms with Crippen LogP contribution in [0.3, 0.4) is 0 Å². The molecule has 4 aromatic rings. The summed E-state index contributed by atoms with van der Waals surface area (Å²) in [7, 11) is 0. The molecule has 2 heterocycles. The van der Waals surface area contributed by atoms with Gasteiger partial charge in [0.15, 0.2) is 0 Å². The zero-order chi connectivity index (χ0) is 17.8. The van der Waals surface area contributed by atoms with Crippen LogP contribution in [0.15, 0.2) is 91.3 Å². The topological polar surface area (TPSA) is 54.9 Å². The number of carbonyl (C=O) groups excluding carboxylic acids is 1. The van der Waals surface area contributed by atoms with Gasteiger partial charge in [-0.3, -0.25) is 14.8 Å². The average molecular weight is 339 g/mol. The van der Waals surface area contributed by atoms with Crippen molar-refractivity contribution in [1.29, 1.82) is 0 Å². The molecule has 0 fully saturated rings. The molecule has 2 aromatic carbocycles. The van der Waals surface area contributed by atoms with Crippen molar-refractivity contribution in [2.75, 3.05) is 0 Å². The Balaban J connectivity index is 1.73. The van der Waals surface area contributed by atoms with Gasteiger partial charge < -0.3 is 5.32 Å². The lowest BCUT2D eigenvalue weighted by molar-refractivity contribution is 0.0944. The van der Waals surface area contributed by atoms with Crippen molar-refractivity contribution >= 4 is 16.8 Å². The maximum atomic E-state index is 13.0. The summed E-state index contributed by atoms with van der Waals surface area (Å²) in [4.78, 5) is 21.8. The van der Waals surface area contributed by atoms with Gasteiger partial charge in [0, 0.05) is 17.8 Å². The van der Waals surface area contributed by atoms with Gasteiger partial charge in [-0.1, -0.05) is 54.6 Å². The third kappa shape index (κ3) is 3.17. The summed E-state index contributed by atoms with van der Waals surface area (Å²) in [5, 5.41) is 4.06. The Morgan fingerprint density at radius 1 is 0.769 bits per heavy atom. The quantitative estimate of drug-likeness (QED) is 0.608. The molecule has 4 nitrogen and oxygen atoms in total. The van der Waals surface area contributed by atoms with E-state index >= 15 is 0 Å². The first-order valence-corrected chi connectivity index (χ1v) is 8.43. The van der Waals surface area contributed by atoms with Crippen molar-refractivity contribution in [3.8, 4) is 0 Å². The highest BCUT2D eigenvalue weighted by Gasteiger charge is 2.20. The maximum Gasteiger partial charge on any atom is 0.254 e. The molecular formula is C22H17N3O. The van der Waals surface area contributed by atoms with Gasteiger partial charge in [-0.25, -0.2) is 0 Å². The lowest BCUT2D eigenvalue weighted by Gasteiger charge is -2.19. The third-order valence-corrected chi connectivity index (χ3v) is 4.27. The fraction of sp³-hybridized carbons (Fsp3) is 0.0455. The molecule has 1 unspecified atom stereocenters. The van der Waals surface area contributed by atoms with E-state index in [2.05, 4.69) is 15.3 Å². The highest BCUT2D eigenvalue weighted by Crippen LogP contribution is 2.22. The second-order valence-electron chi connectivity index (χ2n) is 5.95. The summed E-state index contributed by atoms with van der Waals surface area (Å²) in [5.41, 5.74) is 3.02. The van der Waals surface area contributed by atoms with Gasteiger partial charge in [0.05, 0.1) is 22.8 Å². The van der Waals surface area contributed by atoms with Crippen molar-refractivity contribution < 1.29 is 4.79 Å². The molecule has 126 valence electrons. The Bertz CT molecular complexity index is 988. The first-order chi connectivity index (χ1) is 12.8. The molecule has 0 radical (unpaired) electrons. The average Bonchev–Trinajstić information content (AvgIpc) is 2.72. The lowest BCUT2D eigenvalue weighted by Crippen LogP contribution is -2.30. The Morgan fingerprint density at radius 2 is 1.54 bits per heavy atom. The smallest absolute Gasteiger partial charge is 0.254 e. The minimum Gasteiger partial charge on any atom is -0.339 e. The van der Waals surface area contributed by atoms with Gasteiger partial charge in [-0.2, -0.15) is 0 Å². The molecule has 4 heteroatoms. The first kappa shape index (κ1) is 16.0. The van der Waals surface area contributed by atoms with Crippen molar-refractivity contribution in [1.82, 2.24) is 15.3 Å². The van der Waals surface area contributed by atoms with Gasteiger partial charge >= 0.3 is 0 Å².